The molecule has 0 saturated heterocycles. The number of aryl methyl sites for hydroxylation is 1. The lowest BCUT2D eigenvalue weighted by atomic mass is 9.79. The van der Waals surface area contributed by atoms with E-state index in [9.17, 15) is 9.90 Å². The summed E-state index contributed by atoms with van der Waals surface area (Å²) in [7, 11) is 0. The van der Waals surface area contributed by atoms with Gasteiger partial charge in [0.05, 0.1) is 0 Å². The molecule has 3 nitrogen and oxygen atoms in total. The number of carboxylic acid groups (broad SMARTS) is 1. The third-order valence-corrected chi connectivity index (χ3v) is 3.34. The molecule has 0 heterocycles. The summed E-state index contributed by atoms with van der Waals surface area (Å²) in [6.07, 6.45) is 3.20. The van der Waals surface area contributed by atoms with Gasteiger partial charge >= 0.3 is 5.97 Å². The summed E-state index contributed by atoms with van der Waals surface area (Å²) < 4.78 is 0. The van der Waals surface area contributed by atoms with Crippen molar-refractivity contribution < 1.29 is 9.90 Å². The Morgan fingerprint density at radius 3 is 2.62 bits per heavy atom. The molecule has 1 saturated carbocycles. The third-order valence-electron chi connectivity index (χ3n) is 3.34. The maximum atomic E-state index is 11.2. The van der Waals surface area contributed by atoms with Crippen molar-refractivity contribution in [1.29, 1.82) is 0 Å². The Labute approximate surface area is 95.5 Å². The minimum absolute atomic E-state index is 0.289. The summed E-state index contributed by atoms with van der Waals surface area (Å²) in [6, 6.07) is 7.37. The van der Waals surface area contributed by atoms with Crippen LogP contribution in [0.25, 0.3) is 0 Å². The van der Waals surface area contributed by atoms with Crippen LogP contribution in [0.15, 0.2) is 24.3 Å². The fourth-order valence-electron chi connectivity index (χ4n) is 2.06. The van der Waals surface area contributed by atoms with Gasteiger partial charge in [-0.25, -0.2) is 4.79 Å². The standard InChI is InChI=1S/C13H17NO2/c1-9-5-2-3-8-11(9)14-12(13(15)16)10-6-4-7-10/h2-3,5,8,10,12,14H,4,6-7H2,1H3,(H,15,16). The highest BCUT2D eigenvalue weighted by Gasteiger charge is 2.32. The number of benzene rings is 1. The van der Waals surface area contributed by atoms with Crippen molar-refractivity contribution in [3.8, 4) is 0 Å². The molecular formula is C13H17NO2. The van der Waals surface area contributed by atoms with Crippen molar-refractivity contribution in [3.05, 3.63) is 29.8 Å². The van der Waals surface area contributed by atoms with Gasteiger partial charge in [0.25, 0.3) is 0 Å². The summed E-state index contributed by atoms with van der Waals surface area (Å²) in [6.45, 7) is 1.99. The van der Waals surface area contributed by atoms with Crippen molar-refractivity contribution in [2.24, 2.45) is 5.92 Å². The van der Waals surface area contributed by atoms with E-state index in [1.165, 1.54) is 0 Å². The van der Waals surface area contributed by atoms with E-state index in [4.69, 9.17) is 0 Å². The van der Waals surface area contributed by atoms with Crippen LogP contribution < -0.4 is 5.32 Å². The van der Waals surface area contributed by atoms with Gasteiger partial charge in [-0.2, -0.15) is 0 Å². The van der Waals surface area contributed by atoms with Gasteiger partial charge in [0.1, 0.15) is 6.04 Å². The predicted octanol–water partition coefficient (Wildman–Crippen LogP) is 2.66. The minimum atomic E-state index is -0.743. The Bertz CT molecular complexity index is 385. The molecule has 1 fully saturated rings. The van der Waals surface area contributed by atoms with Gasteiger partial charge in [0.2, 0.25) is 0 Å². The van der Waals surface area contributed by atoms with Gasteiger partial charge < -0.3 is 10.4 Å². The zero-order valence-corrected chi connectivity index (χ0v) is 9.44. The molecule has 1 atom stereocenters. The van der Waals surface area contributed by atoms with Crippen molar-refractivity contribution in [1.82, 2.24) is 0 Å². The van der Waals surface area contributed by atoms with Crippen LogP contribution in [-0.2, 0) is 4.79 Å². The lowest BCUT2D eigenvalue weighted by Crippen LogP contribution is -2.40. The molecule has 1 unspecified atom stereocenters. The first-order chi connectivity index (χ1) is 7.68. The van der Waals surface area contributed by atoms with E-state index < -0.39 is 12.0 Å². The van der Waals surface area contributed by atoms with Crippen molar-refractivity contribution in [3.63, 3.8) is 0 Å². The fourth-order valence-corrected chi connectivity index (χ4v) is 2.06. The molecule has 86 valence electrons. The van der Waals surface area contributed by atoms with Crippen LogP contribution in [0.5, 0.6) is 0 Å². The van der Waals surface area contributed by atoms with Gasteiger partial charge in [-0.05, 0) is 37.3 Å². The Hall–Kier alpha value is -1.51. The zero-order valence-electron chi connectivity index (χ0n) is 9.44. The van der Waals surface area contributed by atoms with E-state index in [0.717, 1.165) is 30.5 Å². The molecule has 2 rings (SSSR count). The minimum Gasteiger partial charge on any atom is -0.480 e. The van der Waals surface area contributed by atoms with Gasteiger partial charge in [-0.15, -0.1) is 0 Å². The molecule has 0 amide bonds. The highest BCUT2D eigenvalue weighted by atomic mass is 16.4. The van der Waals surface area contributed by atoms with E-state index in [-0.39, 0.29) is 5.92 Å². The van der Waals surface area contributed by atoms with Crippen LogP contribution in [0.1, 0.15) is 24.8 Å². The highest BCUT2D eigenvalue weighted by molar-refractivity contribution is 5.78. The highest BCUT2D eigenvalue weighted by Crippen LogP contribution is 2.31. The predicted molar refractivity (Wildman–Crippen MR) is 63.6 cm³/mol. The number of carbonyl (C=O) groups is 1. The molecule has 0 aliphatic heterocycles. The summed E-state index contributed by atoms with van der Waals surface area (Å²) in [5.74, 6) is -0.454. The maximum Gasteiger partial charge on any atom is 0.326 e. The maximum absolute atomic E-state index is 11.2. The average Bonchev–Trinajstić information content (AvgIpc) is 2.17. The van der Waals surface area contributed by atoms with Gasteiger partial charge in [-0.3, -0.25) is 0 Å². The Kier molecular flexibility index (Phi) is 3.13. The van der Waals surface area contributed by atoms with Crippen LogP contribution >= 0.6 is 0 Å². The van der Waals surface area contributed by atoms with E-state index in [1.807, 2.05) is 31.2 Å². The van der Waals surface area contributed by atoms with Crippen LogP contribution in [-0.4, -0.2) is 17.1 Å². The Morgan fingerprint density at radius 1 is 1.44 bits per heavy atom. The molecule has 1 aromatic rings. The summed E-state index contributed by atoms with van der Waals surface area (Å²) in [4.78, 5) is 11.2. The largest absolute Gasteiger partial charge is 0.480 e. The monoisotopic (exact) mass is 219 g/mol. The average molecular weight is 219 g/mol. The number of aliphatic carboxylic acids is 1. The second-order valence-corrected chi connectivity index (χ2v) is 4.47. The van der Waals surface area contributed by atoms with E-state index >= 15 is 0 Å². The Morgan fingerprint density at radius 2 is 2.12 bits per heavy atom. The second kappa shape index (κ2) is 4.56. The summed E-state index contributed by atoms with van der Waals surface area (Å²) >= 11 is 0. The first kappa shape index (κ1) is 11.0. The van der Waals surface area contributed by atoms with Gasteiger partial charge in [0, 0.05) is 5.69 Å². The molecule has 1 aliphatic carbocycles. The first-order valence-electron chi connectivity index (χ1n) is 5.73. The molecule has 0 aromatic heterocycles. The lowest BCUT2D eigenvalue weighted by Gasteiger charge is -2.32. The zero-order chi connectivity index (χ0) is 11.5. The number of hydrogen-bond acceptors (Lipinski definition) is 2. The van der Waals surface area contributed by atoms with Gasteiger partial charge in [0.15, 0.2) is 0 Å². The van der Waals surface area contributed by atoms with Crippen molar-refractivity contribution in [2.75, 3.05) is 5.32 Å². The lowest BCUT2D eigenvalue weighted by molar-refractivity contribution is -0.139. The number of para-hydroxylation sites is 1. The van der Waals surface area contributed by atoms with E-state index in [0.29, 0.717) is 0 Å². The van der Waals surface area contributed by atoms with Crippen LogP contribution in [0.2, 0.25) is 0 Å². The number of anilines is 1. The van der Waals surface area contributed by atoms with Gasteiger partial charge in [-0.1, -0.05) is 24.6 Å². The SMILES string of the molecule is Cc1ccccc1NC(C(=O)O)C1CCC1. The molecule has 1 aliphatic rings. The van der Waals surface area contributed by atoms with E-state index in [2.05, 4.69) is 5.32 Å². The molecule has 3 heteroatoms. The molecule has 16 heavy (non-hydrogen) atoms. The quantitative estimate of drug-likeness (QED) is 0.818. The van der Waals surface area contributed by atoms with Crippen LogP contribution in [0.4, 0.5) is 5.69 Å². The summed E-state index contributed by atoms with van der Waals surface area (Å²) in [5.41, 5.74) is 2.02. The number of nitrogens with one attached hydrogen (secondary N) is 1. The van der Waals surface area contributed by atoms with Crippen LogP contribution in [0, 0.1) is 12.8 Å². The molecule has 0 radical (unpaired) electrons. The van der Waals surface area contributed by atoms with E-state index in [1.54, 1.807) is 0 Å². The smallest absolute Gasteiger partial charge is 0.326 e. The van der Waals surface area contributed by atoms with Crippen LogP contribution in [0.3, 0.4) is 0 Å². The van der Waals surface area contributed by atoms with Crippen molar-refractivity contribution in [2.45, 2.75) is 32.2 Å². The first-order valence-corrected chi connectivity index (χ1v) is 5.73. The fraction of sp³-hybridized carbons (Fsp3) is 0.462. The summed E-state index contributed by atoms with van der Waals surface area (Å²) in [5, 5.41) is 12.3. The topological polar surface area (TPSA) is 49.3 Å². The number of carboxylic acids is 1. The molecule has 2 N–H and O–H groups in total. The molecule has 0 spiro atoms. The molecule has 0 bridgehead atoms. The molecule has 1 aromatic carbocycles. The number of hydrogen-bond donors (Lipinski definition) is 2. The molecular weight excluding hydrogens is 202 g/mol. The number of rotatable bonds is 4. The third kappa shape index (κ3) is 2.18. The van der Waals surface area contributed by atoms with Crippen molar-refractivity contribution >= 4 is 11.7 Å². The second-order valence-electron chi connectivity index (χ2n) is 4.47. The Balaban J connectivity index is 2.11. The normalized spacial score (nSPS) is 17.6.